The average molecular weight is 340 g/mol. The number of nitrogens with one attached hydrogen (secondary N) is 1. The summed E-state index contributed by atoms with van der Waals surface area (Å²) in [4.78, 5) is 18.5. The standard InChI is InChI=1S/C19H24N4O2/c1-13-20-18(25-22-13)19-9-17(21-14(2)24)8-16(19)11-23(12-19)10-15-6-4-3-5-7-15/h3-7,16-17H,8-12H2,1-2H3,(H,21,24). The van der Waals surface area contributed by atoms with Gasteiger partial charge in [-0.1, -0.05) is 35.5 Å². The molecule has 1 aromatic heterocycles. The summed E-state index contributed by atoms with van der Waals surface area (Å²) in [6.45, 7) is 6.25. The second-order valence-electron chi connectivity index (χ2n) is 7.49. The zero-order valence-corrected chi connectivity index (χ0v) is 14.7. The van der Waals surface area contributed by atoms with Gasteiger partial charge in [0.1, 0.15) is 0 Å². The minimum absolute atomic E-state index is 0.0305. The molecule has 0 bridgehead atoms. The number of nitrogens with zero attached hydrogens (tertiary/aromatic N) is 3. The second-order valence-corrected chi connectivity index (χ2v) is 7.49. The van der Waals surface area contributed by atoms with Crippen molar-refractivity contribution in [1.29, 1.82) is 0 Å². The Labute approximate surface area is 147 Å². The average Bonchev–Trinajstić information content (AvgIpc) is 3.20. The Morgan fingerprint density at radius 1 is 1.40 bits per heavy atom. The van der Waals surface area contributed by atoms with Crippen molar-refractivity contribution in [3.05, 3.63) is 47.6 Å². The fraction of sp³-hybridized carbons (Fsp3) is 0.526. The third kappa shape index (κ3) is 3.06. The van der Waals surface area contributed by atoms with Crippen LogP contribution >= 0.6 is 0 Å². The van der Waals surface area contributed by atoms with E-state index in [1.807, 2.05) is 13.0 Å². The maximum atomic E-state index is 11.5. The van der Waals surface area contributed by atoms with Crippen LogP contribution in [0.25, 0.3) is 0 Å². The molecule has 1 aliphatic heterocycles. The van der Waals surface area contributed by atoms with E-state index in [0.717, 1.165) is 38.4 Å². The van der Waals surface area contributed by atoms with Crippen LogP contribution in [0.2, 0.25) is 0 Å². The Hall–Kier alpha value is -2.21. The van der Waals surface area contributed by atoms with Crippen LogP contribution in [-0.4, -0.2) is 40.1 Å². The second kappa shape index (κ2) is 6.26. The zero-order valence-electron chi connectivity index (χ0n) is 14.7. The van der Waals surface area contributed by atoms with Gasteiger partial charge in [-0.05, 0) is 31.2 Å². The number of aromatic nitrogens is 2. The Kier molecular flexibility index (Phi) is 4.07. The highest BCUT2D eigenvalue weighted by Gasteiger charge is 2.57. The highest BCUT2D eigenvalue weighted by atomic mass is 16.5. The third-order valence-corrected chi connectivity index (χ3v) is 5.56. The van der Waals surface area contributed by atoms with Crippen LogP contribution in [0.4, 0.5) is 0 Å². The van der Waals surface area contributed by atoms with E-state index in [1.54, 1.807) is 6.92 Å². The minimum Gasteiger partial charge on any atom is -0.354 e. The summed E-state index contributed by atoms with van der Waals surface area (Å²) in [5.74, 6) is 1.86. The highest BCUT2D eigenvalue weighted by molar-refractivity contribution is 5.73. The number of benzene rings is 1. The fourth-order valence-electron chi connectivity index (χ4n) is 4.67. The molecule has 2 fully saturated rings. The summed E-state index contributed by atoms with van der Waals surface area (Å²) in [5, 5.41) is 7.11. The topological polar surface area (TPSA) is 71.3 Å². The van der Waals surface area contributed by atoms with E-state index in [9.17, 15) is 4.79 Å². The monoisotopic (exact) mass is 340 g/mol. The maximum Gasteiger partial charge on any atom is 0.234 e. The lowest BCUT2D eigenvalue weighted by Crippen LogP contribution is -2.37. The van der Waals surface area contributed by atoms with Gasteiger partial charge < -0.3 is 9.84 Å². The van der Waals surface area contributed by atoms with Crippen LogP contribution in [0, 0.1) is 12.8 Å². The van der Waals surface area contributed by atoms with Gasteiger partial charge in [-0.3, -0.25) is 9.69 Å². The molecule has 6 heteroatoms. The molecule has 2 aromatic rings. The Balaban J connectivity index is 1.57. The number of carbonyl (C=O) groups excluding carboxylic acids is 1. The number of rotatable bonds is 4. The Morgan fingerprint density at radius 2 is 2.20 bits per heavy atom. The van der Waals surface area contributed by atoms with E-state index < -0.39 is 0 Å². The van der Waals surface area contributed by atoms with Crippen LogP contribution < -0.4 is 5.32 Å². The first-order valence-corrected chi connectivity index (χ1v) is 8.89. The van der Waals surface area contributed by atoms with E-state index in [-0.39, 0.29) is 17.4 Å². The van der Waals surface area contributed by atoms with Gasteiger partial charge in [0, 0.05) is 32.6 Å². The Bertz CT molecular complexity index is 760. The van der Waals surface area contributed by atoms with Crippen molar-refractivity contribution in [2.75, 3.05) is 13.1 Å². The molecule has 25 heavy (non-hydrogen) atoms. The molecule has 0 spiro atoms. The molecule has 2 aliphatic rings. The van der Waals surface area contributed by atoms with Gasteiger partial charge in [-0.15, -0.1) is 0 Å². The van der Waals surface area contributed by atoms with Crippen molar-refractivity contribution in [3.8, 4) is 0 Å². The smallest absolute Gasteiger partial charge is 0.234 e. The lowest BCUT2D eigenvalue weighted by Gasteiger charge is -2.25. The molecule has 3 atom stereocenters. The van der Waals surface area contributed by atoms with Crippen LogP contribution in [0.1, 0.15) is 37.0 Å². The van der Waals surface area contributed by atoms with Crippen molar-refractivity contribution in [2.45, 2.75) is 44.7 Å². The van der Waals surface area contributed by atoms with Crippen molar-refractivity contribution in [2.24, 2.45) is 5.92 Å². The van der Waals surface area contributed by atoms with Gasteiger partial charge in [-0.2, -0.15) is 4.98 Å². The van der Waals surface area contributed by atoms with Crippen molar-refractivity contribution in [3.63, 3.8) is 0 Å². The van der Waals surface area contributed by atoms with E-state index in [2.05, 4.69) is 44.6 Å². The first-order valence-electron chi connectivity index (χ1n) is 8.89. The molecule has 6 nitrogen and oxygen atoms in total. The molecule has 1 N–H and O–H groups in total. The molecule has 1 saturated heterocycles. The number of fused-ring (bicyclic) bond motifs is 1. The van der Waals surface area contributed by atoms with Crippen molar-refractivity contribution in [1.82, 2.24) is 20.4 Å². The van der Waals surface area contributed by atoms with E-state index >= 15 is 0 Å². The summed E-state index contributed by atoms with van der Waals surface area (Å²) in [6, 6.07) is 10.7. The molecule has 132 valence electrons. The first-order chi connectivity index (χ1) is 12.0. The summed E-state index contributed by atoms with van der Waals surface area (Å²) in [6.07, 6.45) is 1.83. The lowest BCUT2D eigenvalue weighted by molar-refractivity contribution is -0.119. The predicted molar refractivity (Wildman–Crippen MR) is 92.8 cm³/mol. The molecular weight excluding hydrogens is 316 g/mol. The van der Waals surface area contributed by atoms with E-state index in [1.165, 1.54) is 5.56 Å². The molecule has 0 radical (unpaired) electrons. The minimum atomic E-state index is -0.150. The molecule has 1 saturated carbocycles. The van der Waals surface area contributed by atoms with E-state index in [0.29, 0.717) is 11.7 Å². The van der Waals surface area contributed by atoms with Gasteiger partial charge >= 0.3 is 0 Å². The van der Waals surface area contributed by atoms with Crippen molar-refractivity contribution >= 4 is 5.91 Å². The van der Waals surface area contributed by atoms with Crippen molar-refractivity contribution < 1.29 is 9.32 Å². The predicted octanol–water partition coefficient (Wildman–Crippen LogP) is 2.05. The fourth-order valence-corrected chi connectivity index (χ4v) is 4.67. The number of carbonyl (C=O) groups is 1. The number of amides is 1. The van der Waals surface area contributed by atoms with Gasteiger partial charge in [0.2, 0.25) is 11.8 Å². The number of likely N-dealkylation sites (tertiary alicyclic amines) is 1. The van der Waals surface area contributed by atoms with Gasteiger partial charge in [0.15, 0.2) is 5.82 Å². The highest BCUT2D eigenvalue weighted by Crippen LogP contribution is 2.50. The van der Waals surface area contributed by atoms with Gasteiger partial charge in [0.05, 0.1) is 5.41 Å². The third-order valence-electron chi connectivity index (χ3n) is 5.56. The molecular formula is C19H24N4O2. The normalized spacial score (nSPS) is 28.9. The maximum absolute atomic E-state index is 11.5. The molecule has 3 unspecified atom stereocenters. The number of hydrogen-bond donors (Lipinski definition) is 1. The number of aryl methyl sites for hydroxylation is 1. The Morgan fingerprint density at radius 3 is 2.88 bits per heavy atom. The van der Waals surface area contributed by atoms with Crippen LogP contribution in [0.5, 0.6) is 0 Å². The van der Waals surface area contributed by atoms with Gasteiger partial charge in [-0.25, -0.2) is 0 Å². The van der Waals surface area contributed by atoms with Crippen LogP contribution in [0.3, 0.4) is 0 Å². The van der Waals surface area contributed by atoms with Crippen LogP contribution in [-0.2, 0) is 16.8 Å². The zero-order chi connectivity index (χ0) is 17.4. The van der Waals surface area contributed by atoms with E-state index in [4.69, 9.17) is 4.52 Å². The molecule has 2 heterocycles. The molecule has 1 aliphatic carbocycles. The molecule has 4 rings (SSSR count). The number of hydrogen-bond acceptors (Lipinski definition) is 5. The summed E-state index contributed by atoms with van der Waals surface area (Å²) < 4.78 is 5.60. The summed E-state index contributed by atoms with van der Waals surface area (Å²) >= 11 is 0. The van der Waals surface area contributed by atoms with Crippen LogP contribution in [0.15, 0.2) is 34.9 Å². The SMILES string of the molecule is CC(=O)NC1CC2CN(Cc3ccccc3)CC2(c2nc(C)no2)C1. The van der Waals surface area contributed by atoms with Gasteiger partial charge in [0.25, 0.3) is 0 Å². The lowest BCUT2D eigenvalue weighted by atomic mass is 9.80. The first kappa shape index (κ1) is 16.3. The summed E-state index contributed by atoms with van der Waals surface area (Å²) in [7, 11) is 0. The quantitative estimate of drug-likeness (QED) is 0.922. The summed E-state index contributed by atoms with van der Waals surface area (Å²) in [5.41, 5.74) is 1.17. The largest absolute Gasteiger partial charge is 0.354 e. The molecule has 1 amide bonds. The molecule has 1 aromatic carbocycles.